The van der Waals surface area contributed by atoms with Crippen molar-refractivity contribution in [2.24, 2.45) is 17.8 Å². The Labute approximate surface area is 296 Å². The van der Waals surface area contributed by atoms with E-state index in [0.717, 1.165) is 5.57 Å². The molecular weight excluding hydrogens is 650 g/mol. The zero-order valence-corrected chi connectivity index (χ0v) is 31.9. The van der Waals surface area contributed by atoms with Gasteiger partial charge in [-0.3, -0.25) is 9.59 Å². The minimum Gasteiger partial charge on any atom is -0.489 e. The lowest BCUT2D eigenvalue weighted by molar-refractivity contribution is -0.440. The average Bonchev–Trinajstić information content (AvgIpc) is 3.35. The highest BCUT2D eigenvalue weighted by Crippen LogP contribution is 2.56. The molecule has 5 heterocycles. The molecule has 0 aliphatic carbocycles. The monoisotopic (exact) mass is 711 g/mol. The summed E-state index contributed by atoms with van der Waals surface area (Å²) in [4.78, 5) is 28.6. The number of hydrogen-bond acceptors (Lipinski definition) is 12. The van der Waals surface area contributed by atoms with Crippen molar-refractivity contribution in [1.29, 1.82) is 0 Å². The molecule has 13 nitrogen and oxygen atoms in total. The first kappa shape index (κ1) is 39.4. The molecule has 5 rings (SSSR count). The minimum absolute atomic E-state index is 0.0320. The van der Waals surface area contributed by atoms with E-state index in [1.807, 2.05) is 27.7 Å². The predicted molar refractivity (Wildman–Crippen MR) is 180 cm³/mol. The summed E-state index contributed by atoms with van der Waals surface area (Å²) < 4.78 is 45.1. The van der Waals surface area contributed by atoms with E-state index >= 15 is 0 Å². The summed E-state index contributed by atoms with van der Waals surface area (Å²) in [5.74, 6) is -3.85. The van der Waals surface area contributed by atoms with Crippen LogP contribution in [-0.4, -0.2) is 124 Å². The van der Waals surface area contributed by atoms with E-state index in [1.165, 1.54) is 21.0 Å². The number of fused-ring (bicyclic) bond motifs is 4. The first-order chi connectivity index (χ1) is 23.1. The van der Waals surface area contributed by atoms with E-state index in [0.29, 0.717) is 25.0 Å². The Morgan fingerprint density at radius 2 is 1.72 bits per heavy atom. The van der Waals surface area contributed by atoms with Gasteiger partial charge >= 0.3 is 5.97 Å². The van der Waals surface area contributed by atoms with Crippen LogP contribution in [0, 0.1) is 17.8 Å². The number of esters is 1. The van der Waals surface area contributed by atoms with Gasteiger partial charge in [0.2, 0.25) is 5.91 Å². The highest BCUT2D eigenvalue weighted by molar-refractivity contribution is 5.76. The molecule has 1 amide bonds. The van der Waals surface area contributed by atoms with Crippen LogP contribution < -0.4 is 0 Å². The van der Waals surface area contributed by atoms with E-state index in [2.05, 4.69) is 0 Å². The topological polar surface area (TPSA) is 163 Å². The van der Waals surface area contributed by atoms with Gasteiger partial charge in [0.1, 0.15) is 41.2 Å². The molecule has 1 spiro atoms. The molecule has 0 aromatic carbocycles. The maximum atomic E-state index is 14.5. The van der Waals surface area contributed by atoms with Crippen LogP contribution in [0.5, 0.6) is 0 Å². The third-order valence-electron chi connectivity index (χ3n) is 12.5. The minimum atomic E-state index is -1.84. The van der Waals surface area contributed by atoms with Crippen LogP contribution in [0.2, 0.25) is 0 Å². The quantitative estimate of drug-likeness (QED) is 0.358. The van der Waals surface area contributed by atoms with Crippen molar-refractivity contribution in [2.45, 2.75) is 179 Å². The van der Waals surface area contributed by atoms with Crippen LogP contribution in [0.4, 0.5) is 0 Å². The Bertz CT molecular complexity index is 1320. The number of carbonyl (C=O) groups is 2. The van der Waals surface area contributed by atoms with Crippen molar-refractivity contribution in [3.8, 4) is 0 Å². The average molecular weight is 712 g/mol. The molecule has 0 saturated carbocycles. The number of cyclic esters (lactones) is 1. The molecule has 0 aromatic rings. The van der Waals surface area contributed by atoms with Gasteiger partial charge in [-0.25, -0.2) is 0 Å². The molecule has 5 aliphatic rings. The fraction of sp³-hybridized carbons (Fsp3) is 0.892. The first-order valence-corrected chi connectivity index (χ1v) is 18.3. The van der Waals surface area contributed by atoms with Gasteiger partial charge in [0.25, 0.3) is 0 Å². The van der Waals surface area contributed by atoms with Crippen molar-refractivity contribution in [1.82, 2.24) is 4.90 Å². The van der Waals surface area contributed by atoms with Crippen LogP contribution in [0.15, 0.2) is 11.3 Å². The summed E-state index contributed by atoms with van der Waals surface area (Å²) in [6.45, 7) is 17.8. The fourth-order valence-electron chi connectivity index (χ4n) is 9.42. The number of nitrogens with zero attached hydrogens (tertiary/aromatic N) is 1. The number of aliphatic hydroxyl groups is 3. The molecule has 0 radical (unpaired) electrons. The maximum Gasteiger partial charge on any atom is 0.317 e. The molecule has 4 fully saturated rings. The second-order valence-corrected chi connectivity index (χ2v) is 16.4. The van der Waals surface area contributed by atoms with E-state index in [9.17, 15) is 24.9 Å². The van der Waals surface area contributed by atoms with Gasteiger partial charge in [-0.15, -0.1) is 0 Å². The summed E-state index contributed by atoms with van der Waals surface area (Å²) in [7, 11) is 3.28. The fourth-order valence-corrected chi connectivity index (χ4v) is 9.42. The summed E-state index contributed by atoms with van der Waals surface area (Å²) in [6.07, 6.45) is -4.80. The van der Waals surface area contributed by atoms with Gasteiger partial charge in [0, 0.05) is 58.2 Å². The van der Waals surface area contributed by atoms with Crippen molar-refractivity contribution in [2.75, 3.05) is 14.2 Å². The van der Waals surface area contributed by atoms with Gasteiger partial charge in [0.05, 0.1) is 30.0 Å². The van der Waals surface area contributed by atoms with Crippen molar-refractivity contribution < 1.29 is 58.1 Å². The summed E-state index contributed by atoms with van der Waals surface area (Å²) in [5.41, 5.74) is -3.04. The van der Waals surface area contributed by atoms with Gasteiger partial charge in [-0.2, -0.15) is 0 Å². The van der Waals surface area contributed by atoms with Crippen LogP contribution in [0.1, 0.15) is 101 Å². The number of rotatable bonds is 5. The highest BCUT2D eigenvalue weighted by Gasteiger charge is 2.70. The van der Waals surface area contributed by atoms with Gasteiger partial charge < -0.3 is 53.4 Å². The lowest BCUT2D eigenvalue weighted by atomic mass is 9.68. The van der Waals surface area contributed by atoms with Gasteiger partial charge in [-0.1, -0.05) is 20.8 Å². The van der Waals surface area contributed by atoms with Gasteiger partial charge in [-0.05, 0) is 60.0 Å². The lowest BCUT2D eigenvalue weighted by Gasteiger charge is -2.62. The zero-order chi connectivity index (χ0) is 37.3. The number of aliphatic hydroxyl groups excluding tert-OH is 2. The Morgan fingerprint density at radius 1 is 1.06 bits per heavy atom. The van der Waals surface area contributed by atoms with Gasteiger partial charge in [0.15, 0.2) is 12.1 Å². The van der Waals surface area contributed by atoms with E-state index < -0.39 is 89.2 Å². The molecule has 16 atom stereocenters. The lowest BCUT2D eigenvalue weighted by Crippen LogP contribution is -2.75. The number of ether oxygens (including phenoxy) is 7. The first-order valence-electron chi connectivity index (χ1n) is 18.3. The molecule has 50 heavy (non-hydrogen) atoms. The Kier molecular flexibility index (Phi) is 10.9. The molecule has 2 bridgehead atoms. The molecular formula is C37H61NO12. The van der Waals surface area contributed by atoms with Crippen molar-refractivity contribution in [3.63, 3.8) is 0 Å². The van der Waals surface area contributed by atoms with Crippen LogP contribution >= 0.6 is 0 Å². The largest absolute Gasteiger partial charge is 0.489 e. The Hall–Kier alpha value is -1.84. The molecule has 7 unspecified atom stereocenters. The number of carbonyl (C=O) groups excluding carboxylic acids is 2. The van der Waals surface area contributed by atoms with Crippen molar-refractivity contribution >= 4 is 11.9 Å². The van der Waals surface area contributed by atoms with Crippen LogP contribution in [-0.2, 0) is 42.7 Å². The standard InChI is InChI=1S/C37H61NO12/c1-13-25-36(10,43)30(40)20(4)28-18(2)16-34(8,49-28)32(47-26-15-24(14-19(3)45-26)38(11)23(7)39)21(5)29-27(33(42)46-25)37(50-29)17-35(9,44-12)31(41)22(6)48-37/h19-22,24-27,29-32,40-41,43H,13-17H2,1-12H3/t19?,20-,21-,22?,24?,25+,26?,27+,29-,30+,31?,32+,34+,35?,36+,37?/m0/s1. The second-order valence-electron chi connectivity index (χ2n) is 16.4. The number of methoxy groups -OCH3 is 1. The third kappa shape index (κ3) is 6.63. The predicted octanol–water partition coefficient (Wildman–Crippen LogP) is 3.20. The van der Waals surface area contributed by atoms with E-state index in [-0.39, 0.29) is 30.9 Å². The smallest absolute Gasteiger partial charge is 0.317 e. The van der Waals surface area contributed by atoms with E-state index in [4.69, 9.17) is 33.2 Å². The summed E-state index contributed by atoms with van der Waals surface area (Å²) >= 11 is 0. The SMILES string of the molecule is CC[C@H]1OC(=O)[C@H]2[C@@H](OC23CC(C)(OC)C(O)C(C)O3)[C@H](C)[C@@H](OC2CC(N(C)C(C)=O)CC(C)O2)[C@@]2(C)CC(C)=C(O2)[C@H](C)[C@@H](O)[C@]1(C)O. The van der Waals surface area contributed by atoms with E-state index in [1.54, 1.807) is 39.6 Å². The molecule has 13 heteroatoms. The summed E-state index contributed by atoms with van der Waals surface area (Å²) in [5, 5.41) is 34.6. The third-order valence-corrected chi connectivity index (χ3v) is 12.5. The zero-order valence-electron chi connectivity index (χ0n) is 31.9. The van der Waals surface area contributed by atoms with Crippen LogP contribution in [0.3, 0.4) is 0 Å². The Morgan fingerprint density at radius 3 is 2.32 bits per heavy atom. The summed E-state index contributed by atoms with van der Waals surface area (Å²) in [6, 6.07) is -0.108. The highest BCUT2D eigenvalue weighted by atomic mass is 16.7. The van der Waals surface area contributed by atoms with Crippen molar-refractivity contribution in [3.05, 3.63) is 11.3 Å². The number of amides is 1. The maximum absolute atomic E-state index is 14.5. The molecule has 3 N–H and O–H groups in total. The Balaban J connectivity index is 1.60. The number of hydrogen-bond donors (Lipinski definition) is 3. The second kappa shape index (κ2) is 13.9. The normalized spacial score (nSPS) is 49.9. The molecule has 286 valence electrons. The van der Waals surface area contributed by atoms with Crippen LogP contribution in [0.25, 0.3) is 0 Å². The molecule has 4 saturated heterocycles. The molecule has 0 aromatic heterocycles. The molecule has 5 aliphatic heterocycles.